The smallest absolute Gasteiger partial charge is 0.0847 e. The minimum absolute atomic E-state index is 0.170. The molecule has 0 amide bonds. The molecule has 1 heterocycles. The predicted octanol–water partition coefficient (Wildman–Crippen LogP) is 4.84. The van der Waals surface area contributed by atoms with Gasteiger partial charge in [0.25, 0.3) is 0 Å². The van der Waals surface area contributed by atoms with Crippen molar-refractivity contribution in [1.29, 1.82) is 0 Å². The molecule has 18 heavy (non-hydrogen) atoms. The lowest BCUT2D eigenvalue weighted by Gasteiger charge is -2.34. The SMILES string of the molecule is CCn1nc(C)c(Cl)c1CC(CBr)(CBr)C(C)C. The van der Waals surface area contributed by atoms with Crippen LogP contribution in [0.25, 0.3) is 0 Å². The minimum atomic E-state index is 0.170. The van der Waals surface area contributed by atoms with E-state index in [1.165, 1.54) is 0 Å². The zero-order chi connectivity index (χ0) is 13.9. The zero-order valence-electron chi connectivity index (χ0n) is 11.4. The molecule has 0 aliphatic heterocycles. The first-order chi connectivity index (χ1) is 8.41. The molecule has 0 bridgehead atoms. The molecule has 1 aromatic heterocycles. The van der Waals surface area contributed by atoms with Gasteiger partial charge in [-0.1, -0.05) is 57.3 Å². The average Bonchev–Trinajstić information content (AvgIpc) is 2.62. The highest BCUT2D eigenvalue weighted by atomic mass is 79.9. The first kappa shape index (κ1) is 16.5. The highest BCUT2D eigenvalue weighted by Crippen LogP contribution is 2.38. The third kappa shape index (κ3) is 3.13. The maximum absolute atomic E-state index is 6.40. The van der Waals surface area contributed by atoms with Gasteiger partial charge in [0.2, 0.25) is 0 Å². The van der Waals surface area contributed by atoms with Crippen molar-refractivity contribution in [3.63, 3.8) is 0 Å². The largest absolute Gasteiger partial charge is 0.268 e. The summed E-state index contributed by atoms with van der Waals surface area (Å²) in [6, 6.07) is 0. The third-order valence-electron chi connectivity index (χ3n) is 3.73. The van der Waals surface area contributed by atoms with Crippen LogP contribution in [0, 0.1) is 18.3 Å². The van der Waals surface area contributed by atoms with Crippen molar-refractivity contribution in [2.45, 2.75) is 40.7 Å². The number of hydrogen-bond donors (Lipinski definition) is 0. The third-order valence-corrected chi connectivity index (χ3v) is 6.45. The second-order valence-corrected chi connectivity index (χ2v) is 6.62. The lowest BCUT2D eigenvalue weighted by molar-refractivity contribution is 0.261. The van der Waals surface area contributed by atoms with Gasteiger partial charge in [0, 0.05) is 17.2 Å². The molecule has 0 aliphatic rings. The van der Waals surface area contributed by atoms with Crippen molar-refractivity contribution in [2.75, 3.05) is 10.7 Å². The highest BCUT2D eigenvalue weighted by molar-refractivity contribution is 9.09. The van der Waals surface area contributed by atoms with Gasteiger partial charge in [-0.15, -0.1) is 0 Å². The van der Waals surface area contributed by atoms with Crippen molar-refractivity contribution in [3.05, 3.63) is 16.4 Å². The van der Waals surface area contributed by atoms with Crippen LogP contribution in [0.4, 0.5) is 0 Å². The Labute approximate surface area is 132 Å². The molecule has 5 heteroatoms. The summed E-state index contributed by atoms with van der Waals surface area (Å²) >= 11 is 13.7. The summed E-state index contributed by atoms with van der Waals surface area (Å²) in [5, 5.41) is 7.22. The number of nitrogens with zero attached hydrogens (tertiary/aromatic N) is 2. The van der Waals surface area contributed by atoms with E-state index in [2.05, 4.69) is 57.7 Å². The Morgan fingerprint density at radius 3 is 2.28 bits per heavy atom. The molecule has 104 valence electrons. The van der Waals surface area contributed by atoms with Crippen molar-refractivity contribution in [3.8, 4) is 0 Å². The van der Waals surface area contributed by atoms with E-state index in [0.29, 0.717) is 5.92 Å². The molecule has 2 nitrogen and oxygen atoms in total. The molecule has 0 atom stereocenters. The number of hydrogen-bond acceptors (Lipinski definition) is 1. The van der Waals surface area contributed by atoms with Gasteiger partial charge in [0.1, 0.15) is 0 Å². The molecule has 0 saturated carbocycles. The summed E-state index contributed by atoms with van der Waals surface area (Å²) in [7, 11) is 0. The Balaban J connectivity index is 3.15. The second kappa shape index (κ2) is 6.76. The molecule has 1 aromatic rings. The minimum Gasteiger partial charge on any atom is -0.268 e. The van der Waals surface area contributed by atoms with Gasteiger partial charge in [0.05, 0.1) is 16.4 Å². The van der Waals surface area contributed by atoms with E-state index < -0.39 is 0 Å². The Bertz CT molecular complexity index is 398. The molecule has 0 N–H and O–H groups in total. The quantitative estimate of drug-likeness (QED) is 0.625. The van der Waals surface area contributed by atoms with Gasteiger partial charge in [-0.05, 0) is 31.6 Å². The topological polar surface area (TPSA) is 17.8 Å². The Morgan fingerprint density at radius 2 is 1.89 bits per heavy atom. The first-order valence-corrected chi connectivity index (χ1v) is 8.87. The maximum Gasteiger partial charge on any atom is 0.0847 e. The number of alkyl halides is 2. The average molecular weight is 401 g/mol. The number of aryl methyl sites for hydroxylation is 2. The van der Waals surface area contributed by atoms with Gasteiger partial charge >= 0.3 is 0 Å². The molecule has 0 fully saturated rings. The molecule has 0 aliphatic carbocycles. The van der Waals surface area contributed by atoms with E-state index in [9.17, 15) is 0 Å². The van der Waals surface area contributed by atoms with Gasteiger partial charge in [-0.25, -0.2) is 0 Å². The van der Waals surface area contributed by atoms with E-state index in [1.54, 1.807) is 0 Å². The molecule has 0 radical (unpaired) electrons. The lowest BCUT2D eigenvalue weighted by Crippen LogP contribution is -2.34. The molecule has 0 spiro atoms. The molecular formula is C13H21Br2ClN2. The van der Waals surface area contributed by atoms with Crippen LogP contribution in [0.2, 0.25) is 5.02 Å². The normalized spacial score (nSPS) is 12.4. The summed E-state index contributed by atoms with van der Waals surface area (Å²) < 4.78 is 2.03. The van der Waals surface area contributed by atoms with Crippen LogP contribution in [-0.2, 0) is 13.0 Å². The van der Waals surface area contributed by atoms with Crippen LogP contribution in [-0.4, -0.2) is 20.4 Å². The Morgan fingerprint density at radius 1 is 1.33 bits per heavy atom. The van der Waals surface area contributed by atoms with E-state index in [-0.39, 0.29) is 5.41 Å². The fraction of sp³-hybridized carbons (Fsp3) is 0.769. The zero-order valence-corrected chi connectivity index (χ0v) is 15.4. The molecule has 0 unspecified atom stereocenters. The second-order valence-electron chi connectivity index (χ2n) is 5.12. The fourth-order valence-corrected chi connectivity index (χ4v) is 4.84. The number of aromatic nitrogens is 2. The van der Waals surface area contributed by atoms with Crippen molar-refractivity contribution < 1.29 is 0 Å². The van der Waals surface area contributed by atoms with Crippen molar-refractivity contribution >= 4 is 43.5 Å². The summed E-state index contributed by atoms with van der Waals surface area (Å²) in [5.41, 5.74) is 2.25. The Kier molecular flexibility index (Phi) is 6.20. The van der Waals surface area contributed by atoms with Gasteiger partial charge in [-0.3, -0.25) is 4.68 Å². The molecule has 0 saturated heterocycles. The summed E-state index contributed by atoms with van der Waals surface area (Å²) in [6.45, 7) is 9.45. The van der Waals surface area contributed by atoms with Crippen LogP contribution in [0.1, 0.15) is 32.2 Å². The molecule has 0 aromatic carbocycles. The highest BCUT2D eigenvalue weighted by Gasteiger charge is 2.34. The standard InChI is InChI=1S/C13H21Br2ClN2/c1-5-18-11(12(16)10(4)17-18)6-13(7-14,8-15)9(2)3/h9H,5-8H2,1-4H3. The van der Waals surface area contributed by atoms with Crippen LogP contribution >= 0.6 is 43.5 Å². The summed E-state index contributed by atoms with van der Waals surface area (Å²) in [6.07, 6.45) is 0.939. The van der Waals surface area contributed by atoms with Gasteiger partial charge in [0.15, 0.2) is 0 Å². The maximum atomic E-state index is 6.40. The van der Waals surface area contributed by atoms with Crippen LogP contribution in [0.5, 0.6) is 0 Å². The van der Waals surface area contributed by atoms with Crippen LogP contribution in [0.3, 0.4) is 0 Å². The van der Waals surface area contributed by atoms with Crippen molar-refractivity contribution in [2.24, 2.45) is 11.3 Å². The van der Waals surface area contributed by atoms with Crippen LogP contribution in [0.15, 0.2) is 0 Å². The van der Waals surface area contributed by atoms with Crippen molar-refractivity contribution in [1.82, 2.24) is 9.78 Å². The van der Waals surface area contributed by atoms with E-state index >= 15 is 0 Å². The predicted molar refractivity (Wildman–Crippen MR) is 86.2 cm³/mol. The van der Waals surface area contributed by atoms with E-state index in [0.717, 1.165) is 40.0 Å². The summed E-state index contributed by atoms with van der Waals surface area (Å²) in [4.78, 5) is 0. The monoisotopic (exact) mass is 398 g/mol. The van der Waals surface area contributed by atoms with Gasteiger partial charge < -0.3 is 0 Å². The number of halogens is 3. The Hall–Kier alpha value is 0.460. The molecule has 1 rings (SSSR count). The molecular weight excluding hydrogens is 379 g/mol. The first-order valence-electron chi connectivity index (χ1n) is 6.25. The number of rotatable bonds is 6. The van der Waals surface area contributed by atoms with Gasteiger partial charge in [-0.2, -0.15) is 5.10 Å². The van der Waals surface area contributed by atoms with E-state index in [4.69, 9.17) is 11.6 Å². The fourth-order valence-electron chi connectivity index (χ4n) is 2.01. The lowest BCUT2D eigenvalue weighted by atomic mass is 9.77. The van der Waals surface area contributed by atoms with E-state index in [1.807, 2.05) is 11.6 Å². The van der Waals surface area contributed by atoms with Crippen LogP contribution < -0.4 is 0 Å². The summed E-state index contributed by atoms with van der Waals surface area (Å²) in [5.74, 6) is 0.563.